The molecule has 1 atom stereocenters. The standard InChI is InChI=1S/C15H21FN4O.2ClH/c1-10(9-17-2)15(21)18-8-7-13-19-14-11(16)5-4-6-12(14)20(13)3;;/h4-6,10,17H,7-9H2,1-3H3,(H,18,21);2*1H. The molecule has 1 aromatic heterocycles. The Morgan fingerprint density at radius 1 is 1.39 bits per heavy atom. The number of hydrogen-bond donors (Lipinski definition) is 2. The van der Waals surface area contributed by atoms with Gasteiger partial charge in [0.15, 0.2) is 5.82 Å². The van der Waals surface area contributed by atoms with Gasteiger partial charge in [-0.05, 0) is 19.2 Å². The van der Waals surface area contributed by atoms with Crippen LogP contribution in [-0.2, 0) is 18.3 Å². The minimum atomic E-state index is -0.318. The third-order valence-electron chi connectivity index (χ3n) is 3.56. The van der Waals surface area contributed by atoms with Crippen LogP contribution in [-0.4, -0.2) is 35.6 Å². The molecule has 23 heavy (non-hydrogen) atoms. The zero-order valence-electron chi connectivity index (χ0n) is 13.4. The van der Waals surface area contributed by atoms with Gasteiger partial charge in [-0.2, -0.15) is 0 Å². The first-order valence-corrected chi connectivity index (χ1v) is 7.06. The number of amides is 1. The number of halogens is 3. The van der Waals surface area contributed by atoms with Crippen molar-refractivity contribution in [3.63, 3.8) is 0 Å². The van der Waals surface area contributed by atoms with Gasteiger partial charge in [-0.1, -0.05) is 13.0 Å². The molecule has 1 aromatic carbocycles. The summed E-state index contributed by atoms with van der Waals surface area (Å²) in [4.78, 5) is 16.1. The highest BCUT2D eigenvalue weighted by Crippen LogP contribution is 2.17. The highest BCUT2D eigenvalue weighted by atomic mass is 35.5. The van der Waals surface area contributed by atoms with Gasteiger partial charge in [-0.25, -0.2) is 9.37 Å². The molecule has 0 aliphatic carbocycles. The minimum Gasteiger partial charge on any atom is -0.355 e. The molecule has 0 aliphatic heterocycles. The SMILES string of the molecule is CNCC(C)C(=O)NCCc1nc2c(F)cccc2n1C.Cl.Cl. The Bertz CT molecular complexity index is 648. The molecule has 0 radical (unpaired) electrons. The number of carbonyl (C=O) groups excluding carboxylic acids is 1. The van der Waals surface area contributed by atoms with Crippen LogP contribution in [0.2, 0.25) is 0 Å². The van der Waals surface area contributed by atoms with Crippen LogP contribution in [0.25, 0.3) is 11.0 Å². The summed E-state index contributed by atoms with van der Waals surface area (Å²) < 4.78 is 15.5. The van der Waals surface area contributed by atoms with Crippen molar-refractivity contribution in [3.05, 3.63) is 29.8 Å². The van der Waals surface area contributed by atoms with E-state index in [1.807, 2.05) is 31.7 Å². The molecule has 0 fully saturated rings. The van der Waals surface area contributed by atoms with Gasteiger partial charge < -0.3 is 15.2 Å². The van der Waals surface area contributed by atoms with Crippen LogP contribution >= 0.6 is 24.8 Å². The summed E-state index contributed by atoms with van der Waals surface area (Å²) in [6.45, 7) is 3.01. The summed E-state index contributed by atoms with van der Waals surface area (Å²) in [5, 5.41) is 5.85. The van der Waals surface area contributed by atoms with E-state index in [1.165, 1.54) is 6.07 Å². The van der Waals surface area contributed by atoms with Crippen molar-refractivity contribution >= 4 is 41.8 Å². The average molecular weight is 365 g/mol. The monoisotopic (exact) mass is 364 g/mol. The molecule has 2 N–H and O–H groups in total. The van der Waals surface area contributed by atoms with Crippen LogP contribution in [0.15, 0.2) is 18.2 Å². The second kappa shape index (κ2) is 9.70. The molecular weight excluding hydrogens is 342 g/mol. The molecule has 5 nitrogen and oxygen atoms in total. The number of hydrogen-bond acceptors (Lipinski definition) is 3. The number of aromatic nitrogens is 2. The molecule has 0 bridgehead atoms. The summed E-state index contributed by atoms with van der Waals surface area (Å²) >= 11 is 0. The van der Waals surface area contributed by atoms with Crippen LogP contribution in [0, 0.1) is 11.7 Å². The Hall–Kier alpha value is -1.37. The second-order valence-electron chi connectivity index (χ2n) is 5.19. The first-order chi connectivity index (χ1) is 10.0. The van der Waals surface area contributed by atoms with E-state index in [0.717, 1.165) is 11.3 Å². The molecule has 8 heteroatoms. The molecule has 2 aromatic rings. The zero-order chi connectivity index (χ0) is 15.4. The number of fused-ring (bicyclic) bond motifs is 1. The summed E-state index contributed by atoms with van der Waals surface area (Å²) in [7, 11) is 3.67. The number of carbonyl (C=O) groups is 1. The van der Waals surface area contributed by atoms with E-state index in [4.69, 9.17) is 0 Å². The molecular formula is C15H23Cl2FN4O. The highest BCUT2D eigenvalue weighted by molar-refractivity contribution is 5.85. The van der Waals surface area contributed by atoms with Crippen molar-refractivity contribution in [2.24, 2.45) is 13.0 Å². The number of rotatable bonds is 6. The Kier molecular flexibility index (Phi) is 9.12. The molecule has 130 valence electrons. The number of benzene rings is 1. The number of nitrogens with zero attached hydrogens (tertiary/aromatic N) is 2. The number of imidazole rings is 1. The van der Waals surface area contributed by atoms with Crippen LogP contribution in [0.5, 0.6) is 0 Å². The second-order valence-corrected chi connectivity index (χ2v) is 5.19. The van der Waals surface area contributed by atoms with E-state index >= 15 is 0 Å². The summed E-state index contributed by atoms with van der Waals surface area (Å²) in [5.41, 5.74) is 1.14. The minimum absolute atomic E-state index is 0. The van der Waals surface area contributed by atoms with E-state index in [0.29, 0.717) is 25.0 Å². The van der Waals surface area contributed by atoms with Crippen LogP contribution < -0.4 is 10.6 Å². The van der Waals surface area contributed by atoms with Crippen molar-refractivity contribution in [2.75, 3.05) is 20.1 Å². The summed E-state index contributed by atoms with van der Waals surface area (Å²) in [6, 6.07) is 4.91. The summed E-state index contributed by atoms with van der Waals surface area (Å²) in [6.07, 6.45) is 0.572. The lowest BCUT2D eigenvalue weighted by Gasteiger charge is -2.11. The average Bonchev–Trinajstić information content (AvgIpc) is 2.78. The normalized spacial score (nSPS) is 11.5. The largest absolute Gasteiger partial charge is 0.355 e. The quantitative estimate of drug-likeness (QED) is 0.824. The topological polar surface area (TPSA) is 59.0 Å². The van der Waals surface area contributed by atoms with Crippen LogP contribution in [0.1, 0.15) is 12.7 Å². The molecule has 1 unspecified atom stereocenters. The van der Waals surface area contributed by atoms with E-state index in [-0.39, 0.29) is 42.5 Å². The predicted octanol–water partition coefficient (Wildman–Crippen LogP) is 2.07. The number of aryl methyl sites for hydroxylation is 1. The maximum Gasteiger partial charge on any atom is 0.224 e. The van der Waals surface area contributed by atoms with Gasteiger partial charge in [0.2, 0.25) is 5.91 Å². The molecule has 0 spiro atoms. The Morgan fingerprint density at radius 2 is 2.09 bits per heavy atom. The Morgan fingerprint density at radius 3 is 2.70 bits per heavy atom. The van der Waals surface area contributed by atoms with Gasteiger partial charge in [0, 0.05) is 32.5 Å². The van der Waals surface area contributed by atoms with Gasteiger partial charge in [0.05, 0.1) is 5.52 Å². The van der Waals surface area contributed by atoms with Gasteiger partial charge in [-0.15, -0.1) is 24.8 Å². The molecule has 0 saturated carbocycles. The van der Waals surface area contributed by atoms with E-state index in [1.54, 1.807) is 6.07 Å². The van der Waals surface area contributed by atoms with Crippen LogP contribution in [0.4, 0.5) is 4.39 Å². The Labute approximate surface area is 147 Å². The fraction of sp³-hybridized carbons (Fsp3) is 0.467. The first kappa shape index (κ1) is 21.6. The van der Waals surface area contributed by atoms with Crippen molar-refractivity contribution in [3.8, 4) is 0 Å². The first-order valence-electron chi connectivity index (χ1n) is 7.06. The molecule has 0 aliphatic rings. The van der Waals surface area contributed by atoms with E-state index in [2.05, 4.69) is 15.6 Å². The summed E-state index contributed by atoms with van der Waals surface area (Å²) in [5.74, 6) is 0.375. The smallest absolute Gasteiger partial charge is 0.224 e. The van der Waals surface area contributed by atoms with Crippen molar-refractivity contribution in [1.29, 1.82) is 0 Å². The maximum absolute atomic E-state index is 13.7. The van der Waals surface area contributed by atoms with Crippen molar-refractivity contribution < 1.29 is 9.18 Å². The zero-order valence-corrected chi connectivity index (χ0v) is 15.1. The molecule has 0 saturated heterocycles. The number of nitrogens with one attached hydrogen (secondary N) is 2. The lowest BCUT2D eigenvalue weighted by Crippen LogP contribution is -2.35. The number of para-hydroxylation sites is 1. The third-order valence-corrected chi connectivity index (χ3v) is 3.56. The third kappa shape index (κ3) is 5.06. The maximum atomic E-state index is 13.7. The van der Waals surface area contributed by atoms with Crippen molar-refractivity contribution in [1.82, 2.24) is 20.2 Å². The van der Waals surface area contributed by atoms with E-state index in [9.17, 15) is 9.18 Å². The highest BCUT2D eigenvalue weighted by Gasteiger charge is 2.13. The van der Waals surface area contributed by atoms with Crippen molar-refractivity contribution in [2.45, 2.75) is 13.3 Å². The van der Waals surface area contributed by atoms with Gasteiger partial charge in [0.25, 0.3) is 0 Å². The predicted molar refractivity (Wildman–Crippen MR) is 95.0 cm³/mol. The lowest BCUT2D eigenvalue weighted by atomic mass is 10.1. The van der Waals surface area contributed by atoms with Gasteiger partial charge in [-0.3, -0.25) is 4.79 Å². The fourth-order valence-electron chi connectivity index (χ4n) is 2.32. The Balaban J connectivity index is 0.00000242. The lowest BCUT2D eigenvalue weighted by molar-refractivity contribution is -0.124. The molecule has 1 heterocycles. The van der Waals surface area contributed by atoms with E-state index < -0.39 is 0 Å². The van der Waals surface area contributed by atoms with Gasteiger partial charge >= 0.3 is 0 Å². The van der Waals surface area contributed by atoms with Gasteiger partial charge in [0.1, 0.15) is 11.3 Å². The fourth-order valence-corrected chi connectivity index (χ4v) is 2.32. The van der Waals surface area contributed by atoms with Crippen LogP contribution in [0.3, 0.4) is 0 Å². The molecule has 1 amide bonds. The molecule has 2 rings (SSSR count).